The average molecular weight is 325 g/mol. The van der Waals surface area contributed by atoms with Gasteiger partial charge in [-0.25, -0.2) is 0 Å². The third-order valence-corrected chi connectivity index (χ3v) is 4.09. The van der Waals surface area contributed by atoms with Gasteiger partial charge in [-0.3, -0.25) is 14.4 Å². The van der Waals surface area contributed by atoms with E-state index in [-0.39, 0.29) is 24.9 Å². The fourth-order valence-corrected chi connectivity index (χ4v) is 2.56. The van der Waals surface area contributed by atoms with Gasteiger partial charge < -0.3 is 15.7 Å². The predicted molar refractivity (Wildman–Crippen MR) is 80.6 cm³/mol. The molecule has 0 radical (unpaired) electrons. The van der Waals surface area contributed by atoms with Crippen LogP contribution in [0, 0.1) is 11.8 Å². The molecule has 2 atom stereocenters. The molecule has 1 aliphatic rings. The van der Waals surface area contributed by atoms with Crippen LogP contribution in [0.4, 0.5) is 0 Å². The van der Waals surface area contributed by atoms with Crippen molar-refractivity contribution in [3.63, 3.8) is 0 Å². The summed E-state index contributed by atoms with van der Waals surface area (Å²) in [5.41, 5.74) is 0.375. The van der Waals surface area contributed by atoms with Crippen LogP contribution in [-0.2, 0) is 9.59 Å². The Balaban J connectivity index is 1.71. The monoisotopic (exact) mass is 324 g/mol. The highest BCUT2D eigenvalue weighted by Crippen LogP contribution is 2.34. The molecule has 2 rings (SSSR count). The van der Waals surface area contributed by atoms with Gasteiger partial charge in [-0.2, -0.15) is 0 Å². The number of aliphatic carboxylic acids is 1. The summed E-state index contributed by atoms with van der Waals surface area (Å²) >= 11 is 5.91. The number of carboxylic acids is 1. The Hall–Kier alpha value is -2.08. The Bertz CT molecular complexity index is 591. The summed E-state index contributed by atoms with van der Waals surface area (Å²) in [6.45, 7) is 0.498. The lowest BCUT2D eigenvalue weighted by Crippen LogP contribution is -2.45. The average Bonchev–Trinajstić information content (AvgIpc) is 2.42. The predicted octanol–water partition coefficient (Wildman–Crippen LogP) is 1.30. The maximum Gasteiger partial charge on any atom is 0.307 e. The number of carbonyl (C=O) groups excluding carboxylic acids is 2. The van der Waals surface area contributed by atoms with Crippen molar-refractivity contribution in [3.8, 4) is 0 Å². The first kappa shape index (κ1) is 16.3. The van der Waals surface area contributed by atoms with Crippen molar-refractivity contribution in [1.29, 1.82) is 0 Å². The van der Waals surface area contributed by atoms with Crippen LogP contribution in [0.3, 0.4) is 0 Å². The third-order valence-electron chi connectivity index (χ3n) is 3.76. The van der Waals surface area contributed by atoms with Gasteiger partial charge in [0.2, 0.25) is 5.91 Å². The van der Waals surface area contributed by atoms with Crippen molar-refractivity contribution >= 4 is 29.4 Å². The van der Waals surface area contributed by atoms with E-state index in [9.17, 15) is 14.4 Å². The van der Waals surface area contributed by atoms with Crippen LogP contribution in [0.5, 0.6) is 0 Å². The first-order chi connectivity index (χ1) is 10.5. The third kappa shape index (κ3) is 3.76. The van der Waals surface area contributed by atoms with Gasteiger partial charge in [0.1, 0.15) is 0 Å². The summed E-state index contributed by atoms with van der Waals surface area (Å²) in [7, 11) is 0. The molecule has 0 aromatic heterocycles. The van der Waals surface area contributed by atoms with E-state index in [1.165, 1.54) is 0 Å². The Morgan fingerprint density at radius 2 is 1.73 bits per heavy atom. The molecule has 2 unspecified atom stereocenters. The fourth-order valence-electron chi connectivity index (χ4n) is 2.34. The summed E-state index contributed by atoms with van der Waals surface area (Å²) in [5, 5.41) is 14.6. The number of carbonyl (C=O) groups is 3. The molecule has 6 nitrogen and oxygen atoms in total. The van der Waals surface area contributed by atoms with Crippen LogP contribution >= 0.6 is 11.6 Å². The lowest BCUT2D eigenvalue weighted by atomic mass is 9.73. The van der Waals surface area contributed by atoms with Crippen LogP contribution in [0.25, 0.3) is 0 Å². The van der Waals surface area contributed by atoms with E-state index in [1.807, 2.05) is 0 Å². The molecule has 0 bridgehead atoms. The van der Waals surface area contributed by atoms with Crippen molar-refractivity contribution in [2.24, 2.45) is 11.8 Å². The van der Waals surface area contributed by atoms with Crippen LogP contribution in [0.1, 0.15) is 23.2 Å². The molecule has 7 heteroatoms. The van der Waals surface area contributed by atoms with Crippen molar-refractivity contribution in [1.82, 2.24) is 10.6 Å². The Morgan fingerprint density at radius 1 is 1.09 bits per heavy atom. The highest BCUT2D eigenvalue weighted by molar-refractivity contribution is 6.33. The molecule has 2 amide bonds. The number of benzene rings is 1. The van der Waals surface area contributed by atoms with Gasteiger partial charge in [-0.15, -0.1) is 0 Å². The molecule has 118 valence electrons. The summed E-state index contributed by atoms with van der Waals surface area (Å²) in [6.07, 6.45) is 1.13. The van der Waals surface area contributed by atoms with Gasteiger partial charge in [0.15, 0.2) is 0 Å². The second kappa shape index (κ2) is 7.26. The van der Waals surface area contributed by atoms with Gasteiger partial charge in [-0.1, -0.05) is 23.7 Å². The Labute approximate surface area is 132 Å². The summed E-state index contributed by atoms with van der Waals surface area (Å²) < 4.78 is 0. The zero-order valence-corrected chi connectivity index (χ0v) is 12.6. The zero-order valence-electron chi connectivity index (χ0n) is 11.8. The van der Waals surface area contributed by atoms with Gasteiger partial charge in [0.05, 0.1) is 22.4 Å². The maximum absolute atomic E-state index is 11.9. The number of hydrogen-bond donors (Lipinski definition) is 3. The second-order valence-corrected chi connectivity index (χ2v) is 5.56. The van der Waals surface area contributed by atoms with Crippen LogP contribution in [0.2, 0.25) is 5.02 Å². The van der Waals surface area contributed by atoms with E-state index < -0.39 is 17.8 Å². The largest absolute Gasteiger partial charge is 0.481 e. The van der Waals surface area contributed by atoms with E-state index >= 15 is 0 Å². The first-order valence-electron chi connectivity index (χ1n) is 7.04. The molecule has 1 fully saturated rings. The van der Waals surface area contributed by atoms with Crippen LogP contribution in [0.15, 0.2) is 24.3 Å². The second-order valence-electron chi connectivity index (χ2n) is 5.16. The standard InChI is InChI=1S/C15H17ClN2O4/c16-12-4-2-1-3-11(12)14(20)18-8-7-17-13(19)9-5-6-10(9)15(21)22/h1-4,9-10H,5-8H2,(H,17,19)(H,18,20)(H,21,22). The van der Waals surface area contributed by atoms with E-state index in [0.717, 1.165) is 0 Å². The number of nitrogens with one attached hydrogen (secondary N) is 2. The number of amides is 2. The zero-order chi connectivity index (χ0) is 16.1. The van der Waals surface area contributed by atoms with E-state index in [1.54, 1.807) is 24.3 Å². The number of hydrogen-bond acceptors (Lipinski definition) is 3. The van der Waals surface area contributed by atoms with Crippen molar-refractivity contribution in [3.05, 3.63) is 34.9 Å². The smallest absolute Gasteiger partial charge is 0.307 e. The lowest BCUT2D eigenvalue weighted by Gasteiger charge is -2.31. The number of halogens is 1. The topological polar surface area (TPSA) is 95.5 Å². The highest BCUT2D eigenvalue weighted by Gasteiger charge is 2.41. The normalized spacial score (nSPS) is 19.9. The van der Waals surface area contributed by atoms with Gasteiger partial charge in [0.25, 0.3) is 5.91 Å². The summed E-state index contributed by atoms with van der Waals surface area (Å²) in [5.74, 6) is -2.56. The molecule has 22 heavy (non-hydrogen) atoms. The number of rotatable bonds is 6. The molecule has 1 aromatic carbocycles. The van der Waals surface area contributed by atoms with E-state index in [4.69, 9.17) is 16.7 Å². The fraction of sp³-hybridized carbons (Fsp3) is 0.400. The molecule has 1 aromatic rings. The first-order valence-corrected chi connectivity index (χ1v) is 7.41. The summed E-state index contributed by atoms with van der Waals surface area (Å²) in [4.78, 5) is 34.5. The Morgan fingerprint density at radius 3 is 2.32 bits per heavy atom. The maximum atomic E-state index is 11.9. The summed E-state index contributed by atoms with van der Waals surface area (Å²) in [6, 6.07) is 6.69. The molecular weight excluding hydrogens is 308 g/mol. The van der Waals surface area contributed by atoms with Gasteiger partial charge in [0, 0.05) is 13.1 Å². The highest BCUT2D eigenvalue weighted by atomic mass is 35.5. The quantitative estimate of drug-likeness (QED) is 0.687. The molecule has 1 saturated carbocycles. The van der Waals surface area contributed by atoms with Crippen LogP contribution < -0.4 is 10.6 Å². The molecule has 0 spiro atoms. The van der Waals surface area contributed by atoms with Gasteiger partial charge in [-0.05, 0) is 25.0 Å². The van der Waals surface area contributed by atoms with Gasteiger partial charge >= 0.3 is 5.97 Å². The minimum absolute atomic E-state index is 0.248. The van der Waals surface area contributed by atoms with Crippen molar-refractivity contribution < 1.29 is 19.5 Å². The molecule has 0 aliphatic heterocycles. The van der Waals surface area contributed by atoms with Crippen molar-refractivity contribution in [2.45, 2.75) is 12.8 Å². The molecule has 1 aliphatic carbocycles. The minimum Gasteiger partial charge on any atom is -0.481 e. The molecule has 0 heterocycles. The molecular formula is C15H17ClN2O4. The molecule has 3 N–H and O–H groups in total. The minimum atomic E-state index is -0.932. The van der Waals surface area contributed by atoms with Crippen molar-refractivity contribution in [2.75, 3.05) is 13.1 Å². The van der Waals surface area contributed by atoms with Crippen LogP contribution in [-0.4, -0.2) is 36.0 Å². The Kier molecular flexibility index (Phi) is 5.38. The van der Waals surface area contributed by atoms with E-state index in [0.29, 0.717) is 23.4 Å². The van der Waals surface area contributed by atoms with E-state index in [2.05, 4.69) is 10.6 Å². The molecule has 0 saturated heterocycles. The lowest BCUT2D eigenvalue weighted by molar-refractivity contribution is -0.152. The SMILES string of the molecule is O=C(NCCNC(=O)C1CCC1C(=O)O)c1ccccc1Cl. The number of carboxylic acid groups (broad SMARTS) is 1.